The van der Waals surface area contributed by atoms with E-state index < -0.39 is 12.1 Å². The lowest BCUT2D eigenvalue weighted by Gasteiger charge is -2.16. The second kappa shape index (κ2) is 5.93. The molecule has 2 N–H and O–H groups in total. The molecule has 94 valence electrons. The van der Waals surface area contributed by atoms with Gasteiger partial charge in [-0.05, 0) is 25.1 Å². The summed E-state index contributed by atoms with van der Waals surface area (Å²) in [5.74, 6) is -0.372. The van der Waals surface area contributed by atoms with Gasteiger partial charge in [-0.1, -0.05) is 6.92 Å². The molecule has 0 bridgehead atoms. The molecular formula is C12H16O4S. The Balaban J connectivity index is 3.05. The second-order valence-corrected chi connectivity index (χ2v) is 5.15. The van der Waals surface area contributed by atoms with Crippen molar-refractivity contribution >= 4 is 17.7 Å². The van der Waals surface area contributed by atoms with Crippen LogP contribution < -0.4 is 4.74 Å². The molecule has 0 saturated heterocycles. The quantitative estimate of drug-likeness (QED) is 0.791. The largest absolute Gasteiger partial charge is 0.497 e. The number of rotatable bonds is 5. The highest BCUT2D eigenvalue weighted by Crippen LogP contribution is 2.31. The number of carboxylic acid groups (broad SMARTS) is 1. The van der Waals surface area contributed by atoms with Crippen molar-refractivity contribution < 1.29 is 19.7 Å². The molecule has 0 radical (unpaired) electrons. The van der Waals surface area contributed by atoms with E-state index in [1.165, 1.54) is 24.9 Å². The number of aliphatic hydroxyl groups excluding tert-OH is 1. The number of ether oxygens (including phenoxy) is 1. The van der Waals surface area contributed by atoms with Crippen LogP contribution >= 0.6 is 11.8 Å². The van der Waals surface area contributed by atoms with E-state index in [1.807, 2.05) is 6.92 Å². The minimum absolute atomic E-state index is 0.0831. The molecule has 0 heterocycles. The van der Waals surface area contributed by atoms with Gasteiger partial charge in [0.25, 0.3) is 0 Å². The number of hydrogen-bond acceptors (Lipinski definition) is 4. The maximum Gasteiger partial charge on any atom is 0.336 e. The molecule has 1 aromatic rings. The van der Waals surface area contributed by atoms with Crippen LogP contribution in [0.3, 0.4) is 0 Å². The smallest absolute Gasteiger partial charge is 0.336 e. The van der Waals surface area contributed by atoms with Crippen molar-refractivity contribution in [3.63, 3.8) is 0 Å². The summed E-state index contributed by atoms with van der Waals surface area (Å²) in [5, 5.41) is 18.4. The predicted molar refractivity (Wildman–Crippen MR) is 67.0 cm³/mol. The summed E-state index contributed by atoms with van der Waals surface area (Å²) >= 11 is 1.33. The normalized spacial score (nSPS) is 14.1. The van der Waals surface area contributed by atoms with Crippen LogP contribution in [-0.2, 0) is 0 Å². The molecule has 0 aromatic heterocycles. The van der Waals surface area contributed by atoms with Crippen LogP contribution in [0.2, 0.25) is 0 Å². The highest BCUT2D eigenvalue weighted by molar-refractivity contribution is 8.00. The summed E-state index contributed by atoms with van der Waals surface area (Å²) in [6.45, 7) is 3.53. The number of methoxy groups -OCH3 is 1. The minimum Gasteiger partial charge on any atom is -0.497 e. The lowest BCUT2D eigenvalue weighted by Crippen LogP contribution is -2.15. The number of aliphatic hydroxyl groups is 1. The van der Waals surface area contributed by atoms with Gasteiger partial charge in [0.2, 0.25) is 0 Å². The molecule has 0 aliphatic heterocycles. The molecular weight excluding hydrogens is 240 g/mol. The molecule has 1 aromatic carbocycles. The van der Waals surface area contributed by atoms with Crippen LogP contribution in [0.4, 0.5) is 0 Å². The van der Waals surface area contributed by atoms with Crippen LogP contribution in [-0.4, -0.2) is 34.6 Å². The number of carbonyl (C=O) groups is 1. The molecule has 0 spiro atoms. The van der Waals surface area contributed by atoms with Gasteiger partial charge in [-0.25, -0.2) is 4.79 Å². The Bertz CT molecular complexity index is 403. The van der Waals surface area contributed by atoms with Gasteiger partial charge in [0.15, 0.2) is 0 Å². The molecule has 0 aliphatic carbocycles. The lowest BCUT2D eigenvalue weighted by molar-refractivity contribution is 0.0693. The summed E-state index contributed by atoms with van der Waals surface area (Å²) in [7, 11) is 1.53. The van der Waals surface area contributed by atoms with Crippen LogP contribution in [0, 0.1) is 0 Å². The first-order chi connectivity index (χ1) is 7.95. The van der Waals surface area contributed by atoms with E-state index >= 15 is 0 Å². The standard InChI is InChI=1S/C12H16O4S/c1-7(13)8(2)17-11-6-9(16-3)4-5-10(11)12(14)15/h4-8,13H,1-3H3,(H,14,15). The van der Waals surface area contributed by atoms with Gasteiger partial charge in [-0.3, -0.25) is 0 Å². The molecule has 0 saturated carbocycles. The molecule has 0 amide bonds. The Morgan fingerprint density at radius 3 is 2.53 bits per heavy atom. The van der Waals surface area contributed by atoms with Crippen molar-refractivity contribution in [2.45, 2.75) is 30.1 Å². The number of benzene rings is 1. The number of hydrogen-bond donors (Lipinski definition) is 2. The molecule has 0 aliphatic rings. The van der Waals surface area contributed by atoms with Crippen LogP contribution in [0.1, 0.15) is 24.2 Å². The first-order valence-electron chi connectivity index (χ1n) is 5.21. The van der Waals surface area contributed by atoms with Gasteiger partial charge >= 0.3 is 5.97 Å². The Hall–Kier alpha value is -1.20. The highest BCUT2D eigenvalue weighted by atomic mass is 32.2. The van der Waals surface area contributed by atoms with E-state index in [4.69, 9.17) is 9.84 Å². The van der Waals surface area contributed by atoms with Crippen molar-refractivity contribution in [2.75, 3.05) is 7.11 Å². The van der Waals surface area contributed by atoms with Gasteiger partial charge in [0, 0.05) is 10.1 Å². The van der Waals surface area contributed by atoms with Gasteiger partial charge in [0.05, 0.1) is 18.8 Å². The molecule has 17 heavy (non-hydrogen) atoms. The van der Waals surface area contributed by atoms with E-state index in [0.29, 0.717) is 10.6 Å². The Labute approximate surface area is 105 Å². The number of aromatic carboxylic acids is 1. The SMILES string of the molecule is COc1ccc(C(=O)O)c(SC(C)C(C)O)c1. The Morgan fingerprint density at radius 1 is 1.41 bits per heavy atom. The second-order valence-electron chi connectivity index (χ2n) is 3.73. The van der Waals surface area contributed by atoms with E-state index in [9.17, 15) is 9.90 Å². The van der Waals surface area contributed by atoms with Gasteiger partial charge in [-0.15, -0.1) is 11.8 Å². The van der Waals surface area contributed by atoms with Crippen molar-refractivity contribution in [3.05, 3.63) is 23.8 Å². The summed E-state index contributed by atoms with van der Waals surface area (Å²) in [6, 6.07) is 4.80. The zero-order valence-corrected chi connectivity index (χ0v) is 10.8. The third-order valence-electron chi connectivity index (χ3n) is 2.41. The van der Waals surface area contributed by atoms with Gasteiger partial charge in [-0.2, -0.15) is 0 Å². The summed E-state index contributed by atoms with van der Waals surface area (Å²) in [4.78, 5) is 11.7. The monoisotopic (exact) mass is 256 g/mol. The molecule has 2 unspecified atom stereocenters. The average molecular weight is 256 g/mol. The Morgan fingerprint density at radius 2 is 2.06 bits per heavy atom. The first-order valence-corrected chi connectivity index (χ1v) is 6.09. The van der Waals surface area contributed by atoms with Crippen molar-refractivity contribution in [2.24, 2.45) is 0 Å². The van der Waals surface area contributed by atoms with Crippen LogP contribution in [0.15, 0.2) is 23.1 Å². The summed E-state index contributed by atoms with van der Waals surface area (Å²) in [5.41, 5.74) is 0.225. The highest BCUT2D eigenvalue weighted by Gasteiger charge is 2.17. The maximum absolute atomic E-state index is 11.1. The van der Waals surface area contributed by atoms with Gasteiger partial charge in [0.1, 0.15) is 5.75 Å². The van der Waals surface area contributed by atoms with E-state index in [2.05, 4.69) is 0 Å². The molecule has 4 nitrogen and oxygen atoms in total. The molecule has 2 atom stereocenters. The minimum atomic E-state index is -0.979. The van der Waals surface area contributed by atoms with Crippen molar-refractivity contribution in [1.82, 2.24) is 0 Å². The van der Waals surface area contributed by atoms with E-state index in [0.717, 1.165) is 0 Å². The van der Waals surface area contributed by atoms with Crippen molar-refractivity contribution in [3.8, 4) is 5.75 Å². The van der Waals surface area contributed by atoms with E-state index in [1.54, 1.807) is 19.1 Å². The maximum atomic E-state index is 11.1. The molecule has 1 rings (SSSR count). The van der Waals surface area contributed by atoms with Crippen LogP contribution in [0.25, 0.3) is 0 Å². The lowest BCUT2D eigenvalue weighted by atomic mass is 10.2. The average Bonchev–Trinajstić information content (AvgIpc) is 2.28. The zero-order valence-electron chi connectivity index (χ0n) is 10.0. The Kier molecular flexibility index (Phi) is 4.84. The topological polar surface area (TPSA) is 66.8 Å². The zero-order chi connectivity index (χ0) is 13.0. The first kappa shape index (κ1) is 13.9. The molecule has 5 heteroatoms. The number of thioether (sulfide) groups is 1. The third-order valence-corrected chi connectivity index (χ3v) is 3.77. The summed E-state index contributed by atoms with van der Waals surface area (Å²) < 4.78 is 5.06. The fourth-order valence-electron chi connectivity index (χ4n) is 1.20. The summed E-state index contributed by atoms with van der Waals surface area (Å²) in [6.07, 6.45) is -0.507. The predicted octanol–water partition coefficient (Wildman–Crippen LogP) is 2.25. The third kappa shape index (κ3) is 3.64. The van der Waals surface area contributed by atoms with Gasteiger partial charge < -0.3 is 14.9 Å². The fourth-order valence-corrected chi connectivity index (χ4v) is 2.27. The van der Waals surface area contributed by atoms with E-state index in [-0.39, 0.29) is 10.8 Å². The molecule has 0 fully saturated rings. The fraction of sp³-hybridized carbons (Fsp3) is 0.417. The number of carboxylic acids is 1. The van der Waals surface area contributed by atoms with Crippen molar-refractivity contribution in [1.29, 1.82) is 0 Å². The van der Waals surface area contributed by atoms with Crippen LogP contribution in [0.5, 0.6) is 5.75 Å².